The highest BCUT2D eigenvalue weighted by Crippen LogP contribution is 2.46. The van der Waals surface area contributed by atoms with Crippen molar-refractivity contribution < 1.29 is 5.11 Å². The Bertz CT molecular complexity index is 628. The predicted molar refractivity (Wildman–Crippen MR) is 87.1 cm³/mol. The van der Waals surface area contributed by atoms with Crippen LogP contribution in [0, 0.1) is 11.3 Å². The fourth-order valence-corrected chi connectivity index (χ4v) is 3.76. The first-order valence-corrected chi connectivity index (χ1v) is 7.96. The van der Waals surface area contributed by atoms with E-state index < -0.39 is 5.60 Å². The topological polar surface area (TPSA) is 33.1 Å². The van der Waals surface area contributed by atoms with Crippen molar-refractivity contribution >= 4 is 10.8 Å². The molecule has 2 nitrogen and oxygen atoms in total. The Hall–Kier alpha value is -1.41. The maximum atomic E-state index is 11.2. The number of benzene rings is 1. The van der Waals surface area contributed by atoms with Gasteiger partial charge in [0.2, 0.25) is 0 Å². The van der Waals surface area contributed by atoms with E-state index in [1.807, 2.05) is 24.5 Å². The molecular weight excluding hydrogens is 258 g/mol. The van der Waals surface area contributed by atoms with Crippen LogP contribution < -0.4 is 0 Å². The van der Waals surface area contributed by atoms with E-state index in [0.29, 0.717) is 11.3 Å². The second-order valence-electron chi connectivity index (χ2n) is 7.57. The first-order chi connectivity index (χ1) is 9.90. The van der Waals surface area contributed by atoms with Gasteiger partial charge in [-0.15, -0.1) is 0 Å². The maximum Gasteiger partial charge on any atom is 0.0902 e. The molecule has 3 rings (SSSR count). The van der Waals surface area contributed by atoms with E-state index in [1.54, 1.807) is 0 Å². The molecule has 1 aromatic heterocycles. The number of nitrogens with zero attached hydrogens (tertiary/aromatic N) is 1. The standard InChI is InChI=1S/C19H25NO/c1-18(2,3)15-7-10-19(21,11-8-15)17-6-4-5-14-13-20-12-9-16(14)17/h4-6,9,12-13,15,21H,7-8,10-11H2,1-3H3. The van der Waals surface area contributed by atoms with Gasteiger partial charge in [-0.2, -0.15) is 0 Å². The van der Waals surface area contributed by atoms with Gasteiger partial charge in [0.25, 0.3) is 0 Å². The van der Waals surface area contributed by atoms with Gasteiger partial charge in [0.1, 0.15) is 0 Å². The predicted octanol–water partition coefficient (Wildman–Crippen LogP) is 4.66. The zero-order chi connectivity index (χ0) is 15.1. The second kappa shape index (κ2) is 5.10. The van der Waals surface area contributed by atoms with Gasteiger partial charge in [-0.05, 0) is 54.0 Å². The number of hydrogen-bond donors (Lipinski definition) is 1. The molecule has 0 atom stereocenters. The molecule has 1 aliphatic carbocycles. The quantitative estimate of drug-likeness (QED) is 0.825. The van der Waals surface area contributed by atoms with Crippen molar-refractivity contribution in [3.05, 3.63) is 42.2 Å². The smallest absolute Gasteiger partial charge is 0.0902 e. The minimum Gasteiger partial charge on any atom is -0.385 e. The SMILES string of the molecule is CC(C)(C)C1CCC(O)(c2cccc3cnccc23)CC1. The van der Waals surface area contributed by atoms with Crippen LogP contribution in [0.4, 0.5) is 0 Å². The lowest BCUT2D eigenvalue weighted by Gasteiger charge is -2.42. The van der Waals surface area contributed by atoms with Crippen molar-refractivity contribution in [2.24, 2.45) is 11.3 Å². The van der Waals surface area contributed by atoms with Gasteiger partial charge in [0.05, 0.1) is 5.60 Å². The fourth-order valence-electron chi connectivity index (χ4n) is 3.76. The molecule has 1 aliphatic rings. The summed E-state index contributed by atoms with van der Waals surface area (Å²) in [7, 11) is 0. The summed E-state index contributed by atoms with van der Waals surface area (Å²) in [5, 5.41) is 13.5. The van der Waals surface area contributed by atoms with Crippen LogP contribution in [0.2, 0.25) is 0 Å². The minimum atomic E-state index is -0.678. The summed E-state index contributed by atoms with van der Waals surface area (Å²) in [5.74, 6) is 0.703. The summed E-state index contributed by atoms with van der Waals surface area (Å²) < 4.78 is 0. The van der Waals surface area contributed by atoms with E-state index >= 15 is 0 Å². The number of pyridine rings is 1. The van der Waals surface area contributed by atoms with E-state index in [-0.39, 0.29) is 0 Å². The molecule has 0 saturated heterocycles. The van der Waals surface area contributed by atoms with Crippen LogP contribution in [-0.4, -0.2) is 10.1 Å². The Morgan fingerprint density at radius 3 is 2.52 bits per heavy atom. The summed E-state index contributed by atoms with van der Waals surface area (Å²) in [6.07, 6.45) is 7.61. The van der Waals surface area contributed by atoms with Gasteiger partial charge in [-0.25, -0.2) is 0 Å². The van der Waals surface area contributed by atoms with Crippen molar-refractivity contribution in [1.29, 1.82) is 0 Å². The summed E-state index contributed by atoms with van der Waals surface area (Å²) in [6.45, 7) is 6.93. The third-order valence-electron chi connectivity index (χ3n) is 5.22. The molecule has 2 aromatic rings. The van der Waals surface area contributed by atoms with Gasteiger partial charge in [-0.1, -0.05) is 39.0 Å². The molecule has 1 saturated carbocycles. The monoisotopic (exact) mass is 283 g/mol. The molecule has 0 aliphatic heterocycles. The summed E-state index contributed by atoms with van der Waals surface area (Å²) in [5.41, 5.74) is 0.738. The molecule has 0 unspecified atom stereocenters. The average molecular weight is 283 g/mol. The average Bonchev–Trinajstić information content (AvgIpc) is 2.46. The third kappa shape index (κ3) is 2.69. The van der Waals surface area contributed by atoms with Crippen LogP contribution in [0.15, 0.2) is 36.7 Å². The minimum absolute atomic E-state index is 0.337. The molecule has 0 radical (unpaired) electrons. The zero-order valence-electron chi connectivity index (χ0n) is 13.3. The Morgan fingerprint density at radius 1 is 1.14 bits per heavy atom. The van der Waals surface area contributed by atoms with Crippen LogP contribution in [-0.2, 0) is 5.60 Å². The van der Waals surface area contributed by atoms with E-state index in [9.17, 15) is 5.11 Å². The molecule has 2 heteroatoms. The van der Waals surface area contributed by atoms with Crippen molar-refractivity contribution in [3.63, 3.8) is 0 Å². The van der Waals surface area contributed by atoms with Crippen LogP contribution in [0.5, 0.6) is 0 Å². The van der Waals surface area contributed by atoms with Gasteiger partial charge in [0.15, 0.2) is 0 Å². The fraction of sp³-hybridized carbons (Fsp3) is 0.526. The summed E-state index contributed by atoms with van der Waals surface area (Å²) in [4.78, 5) is 4.18. The third-order valence-corrected chi connectivity index (χ3v) is 5.22. The molecule has 0 spiro atoms. The lowest BCUT2D eigenvalue weighted by Crippen LogP contribution is -2.35. The molecule has 1 heterocycles. The van der Waals surface area contributed by atoms with Crippen molar-refractivity contribution in [2.45, 2.75) is 52.1 Å². The Labute approximate surface area is 127 Å². The molecular formula is C19H25NO. The summed E-state index contributed by atoms with van der Waals surface area (Å²) >= 11 is 0. The van der Waals surface area contributed by atoms with Gasteiger partial charge in [-0.3, -0.25) is 4.98 Å². The number of hydrogen-bond acceptors (Lipinski definition) is 2. The Kier molecular flexibility index (Phi) is 3.53. The zero-order valence-corrected chi connectivity index (χ0v) is 13.3. The number of aliphatic hydroxyl groups is 1. The van der Waals surface area contributed by atoms with Gasteiger partial charge < -0.3 is 5.11 Å². The highest BCUT2D eigenvalue weighted by atomic mass is 16.3. The Balaban J connectivity index is 1.93. The van der Waals surface area contributed by atoms with E-state index in [0.717, 1.165) is 42.0 Å². The maximum absolute atomic E-state index is 11.2. The highest BCUT2D eigenvalue weighted by Gasteiger charge is 2.39. The van der Waals surface area contributed by atoms with E-state index in [2.05, 4.69) is 37.9 Å². The molecule has 1 aromatic carbocycles. The van der Waals surface area contributed by atoms with Crippen LogP contribution in [0.25, 0.3) is 10.8 Å². The normalized spacial score (nSPS) is 27.0. The molecule has 1 N–H and O–H groups in total. The van der Waals surface area contributed by atoms with Crippen LogP contribution >= 0.6 is 0 Å². The molecule has 21 heavy (non-hydrogen) atoms. The second-order valence-corrected chi connectivity index (χ2v) is 7.57. The van der Waals surface area contributed by atoms with Crippen molar-refractivity contribution in [2.75, 3.05) is 0 Å². The van der Waals surface area contributed by atoms with Crippen molar-refractivity contribution in [3.8, 4) is 0 Å². The first-order valence-electron chi connectivity index (χ1n) is 7.96. The number of rotatable bonds is 1. The molecule has 1 fully saturated rings. The first kappa shape index (κ1) is 14.5. The number of aromatic nitrogens is 1. The van der Waals surface area contributed by atoms with E-state index in [1.165, 1.54) is 0 Å². The number of fused-ring (bicyclic) bond motifs is 1. The van der Waals surface area contributed by atoms with Crippen molar-refractivity contribution in [1.82, 2.24) is 4.98 Å². The molecule has 0 amide bonds. The van der Waals surface area contributed by atoms with E-state index in [4.69, 9.17) is 0 Å². The van der Waals surface area contributed by atoms with Gasteiger partial charge >= 0.3 is 0 Å². The largest absolute Gasteiger partial charge is 0.385 e. The highest BCUT2D eigenvalue weighted by molar-refractivity contribution is 5.85. The van der Waals surface area contributed by atoms with Gasteiger partial charge in [0, 0.05) is 17.8 Å². The molecule has 112 valence electrons. The lowest BCUT2D eigenvalue weighted by molar-refractivity contribution is -0.0286. The Morgan fingerprint density at radius 2 is 1.86 bits per heavy atom. The van der Waals surface area contributed by atoms with Crippen LogP contribution in [0.3, 0.4) is 0 Å². The molecule has 0 bridgehead atoms. The van der Waals surface area contributed by atoms with Crippen LogP contribution in [0.1, 0.15) is 52.0 Å². The summed E-state index contributed by atoms with van der Waals surface area (Å²) in [6, 6.07) is 8.21. The lowest BCUT2D eigenvalue weighted by atomic mass is 9.66.